The summed E-state index contributed by atoms with van der Waals surface area (Å²) in [5, 5.41) is 26.4. The number of carbonyl (C=O) groups excluding carboxylic acids is 3. The molecule has 0 unspecified atom stereocenters. The van der Waals surface area contributed by atoms with Crippen molar-refractivity contribution in [2.45, 2.75) is 13.0 Å². The van der Waals surface area contributed by atoms with Gasteiger partial charge in [0.1, 0.15) is 17.1 Å². The number of rotatable bonds is 7. The highest BCUT2D eigenvalue weighted by atomic mass is 32.1. The van der Waals surface area contributed by atoms with Gasteiger partial charge in [0.25, 0.3) is 17.5 Å². The molecule has 0 bridgehead atoms. The second kappa shape index (κ2) is 9.24. The van der Waals surface area contributed by atoms with E-state index in [-0.39, 0.29) is 11.3 Å². The summed E-state index contributed by atoms with van der Waals surface area (Å²) in [6.07, 6.45) is 0. The second-order valence-corrected chi connectivity index (χ2v) is 6.35. The van der Waals surface area contributed by atoms with Crippen LogP contribution >= 0.6 is 11.3 Å². The minimum Gasteiger partial charge on any atom is -0.454 e. The summed E-state index contributed by atoms with van der Waals surface area (Å²) in [5.41, 5.74) is 0.0421. The first kappa shape index (κ1) is 20.5. The average molecular weight is 402 g/mol. The van der Waals surface area contributed by atoms with E-state index in [2.05, 4.69) is 10.6 Å². The number of nitro benzene ring substituents is 1. The third-order valence-corrected chi connectivity index (χ3v) is 4.23. The summed E-state index contributed by atoms with van der Waals surface area (Å²) in [7, 11) is 0. The summed E-state index contributed by atoms with van der Waals surface area (Å²) in [4.78, 5) is 46.0. The van der Waals surface area contributed by atoms with Crippen molar-refractivity contribution >= 4 is 39.8 Å². The van der Waals surface area contributed by atoms with Crippen molar-refractivity contribution in [3.05, 3.63) is 57.0 Å². The molecule has 2 N–H and O–H groups in total. The summed E-state index contributed by atoms with van der Waals surface area (Å²) >= 11 is 1.15. The highest BCUT2D eigenvalue weighted by Gasteiger charge is 2.20. The number of carbonyl (C=O) groups is 3. The van der Waals surface area contributed by atoms with Crippen LogP contribution in [0.15, 0.2) is 35.7 Å². The molecule has 2 rings (SSSR count). The Morgan fingerprint density at radius 2 is 2.11 bits per heavy atom. The smallest absolute Gasteiger partial charge is 0.328 e. The number of nitrogens with one attached hydrogen (secondary N) is 2. The van der Waals surface area contributed by atoms with Gasteiger partial charge in [0.15, 0.2) is 6.61 Å². The Kier molecular flexibility index (Phi) is 6.78. The molecule has 0 saturated heterocycles. The molecule has 28 heavy (non-hydrogen) atoms. The molecule has 0 saturated carbocycles. The lowest BCUT2D eigenvalue weighted by molar-refractivity contribution is -0.384. The number of anilines is 1. The Morgan fingerprint density at radius 3 is 2.79 bits per heavy atom. The van der Waals surface area contributed by atoms with Crippen LogP contribution in [-0.4, -0.2) is 35.4 Å². The van der Waals surface area contributed by atoms with E-state index in [9.17, 15) is 24.5 Å². The third kappa shape index (κ3) is 5.36. The molecule has 10 nitrogen and oxygen atoms in total. The van der Waals surface area contributed by atoms with Crippen LogP contribution in [0.5, 0.6) is 0 Å². The molecule has 0 fully saturated rings. The van der Waals surface area contributed by atoms with Crippen molar-refractivity contribution in [1.29, 1.82) is 5.26 Å². The zero-order chi connectivity index (χ0) is 20.7. The van der Waals surface area contributed by atoms with E-state index in [0.717, 1.165) is 17.4 Å². The number of amides is 2. The van der Waals surface area contributed by atoms with Crippen molar-refractivity contribution in [2.75, 3.05) is 11.9 Å². The SMILES string of the molecule is C[C@H](NC(=O)c1cccc([N+](=O)[O-])c1)C(=O)OCC(=O)Nc1sccc1C#N. The quantitative estimate of drug-likeness (QED) is 0.407. The number of nitriles is 1. The fraction of sp³-hybridized carbons (Fsp3) is 0.176. The zero-order valence-electron chi connectivity index (χ0n) is 14.5. The van der Waals surface area contributed by atoms with Gasteiger partial charge in [-0.15, -0.1) is 11.3 Å². The topological polar surface area (TPSA) is 151 Å². The standard InChI is InChI=1S/C17H14N4O6S/c1-10(19-15(23)11-3-2-4-13(7-11)21(25)26)17(24)27-9-14(22)20-16-12(8-18)5-6-28-16/h2-7,10H,9H2,1H3,(H,19,23)(H,20,22)/t10-/m0/s1. The summed E-state index contributed by atoms with van der Waals surface area (Å²) in [6.45, 7) is 0.751. The Labute approximate surface area is 162 Å². The van der Waals surface area contributed by atoms with E-state index in [1.165, 1.54) is 31.2 Å². The zero-order valence-corrected chi connectivity index (χ0v) is 15.3. The Hall–Kier alpha value is -3.78. The maximum atomic E-state index is 12.1. The summed E-state index contributed by atoms with van der Waals surface area (Å²) in [6, 6.07) is 7.39. The number of thiophene rings is 1. The Balaban J connectivity index is 1.86. The first-order chi connectivity index (χ1) is 13.3. The van der Waals surface area contributed by atoms with Gasteiger partial charge < -0.3 is 15.4 Å². The first-order valence-corrected chi connectivity index (χ1v) is 8.69. The molecule has 11 heteroatoms. The van der Waals surface area contributed by atoms with Crippen molar-refractivity contribution in [3.8, 4) is 6.07 Å². The predicted octanol–water partition coefficient (Wildman–Crippen LogP) is 1.83. The van der Waals surface area contributed by atoms with E-state index in [0.29, 0.717) is 10.6 Å². The van der Waals surface area contributed by atoms with E-state index >= 15 is 0 Å². The number of hydrogen-bond acceptors (Lipinski definition) is 8. The number of ether oxygens (including phenoxy) is 1. The van der Waals surface area contributed by atoms with Crippen molar-refractivity contribution in [3.63, 3.8) is 0 Å². The molecule has 1 aromatic carbocycles. The highest BCUT2D eigenvalue weighted by Crippen LogP contribution is 2.21. The van der Waals surface area contributed by atoms with Gasteiger partial charge in [0.2, 0.25) is 0 Å². The van der Waals surface area contributed by atoms with E-state index in [1.807, 2.05) is 6.07 Å². The number of non-ortho nitro benzene ring substituents is 1. The van der Waals surface area contributed by atoms with Crippen LogP contribution in [0.4, 0.5) is 10.7 Å². The van der Waals surface area contributed by atoms with Gasteiger partial charge in [-0.1, -0.05) is 6.07 Å². The summed E-state index contributed by atoms with van der Waals surface area (Å²) < 4.78 is 4.83. The molecule has 0 radical (unpaired) electrons. The molecule has 2 amide bonds. The van der Waals surface area contributed by atoms with Crippen molar-refractivity contribution in [1.82, 2.24) is 5.32 Å². The van der Waals surface area contributed by atoms with Gasteiger partial charge in [-0.3, -0.25) is 19.7 Å². The fourth-order valence-electron chi connectivity index (χ4n) is 2.02. The molecule has 0 aliphatic carbocycles. The molecule has 1 aromatic heterocycles. The molecule has 144 valence electrons. The number of nitro groups is 1. The van der Waals surface area contributed by atoms with E-state index < -0.39 is 35.4 Å². The average Bonchev–Trinajstić information content (AvgIpc) is 3.12. The molecule has 0 spiro atoms. The van der Waals surface area contributed by atoms with Crippen LogP contribution in [0.25, 0.3) is 0 Å². The maximum Gasteiger partial charge on any atom is 0.328 e. The summed E-state index contributed by atoms with van der Waals surface area (Å²) in [5.74, 6) is -2.19. The number of nitrogens with zero attached hydrogens (tertiary/aromatic N) is 2. The molecule has 1 atom stereocenters. The largest absolute Gasteiger partial charge is 0.454 e. The van der Waals surface area contributed by atoms with Crippen LogP contribution in [0.3, 0.4) is 0 Å². The van der Waals surface area contributed by atoms with Gasteiger partial charge in [-0.25, -0.2) is 4.79 Å². The van der Waals surface area contributed by atoms with Gasteiger partial charge in [-0.05, 0) is 24.4 Å². The molecule has 1 heterocycles. The fourth-order valence-corrected chi connectivity index (χ4v) is 2.77. The predicted molar refractivity (Wildman–Crippen MR) is 98.6 cm³/mol. The van der Waals surface area contributed by atoms with Crippen LogP contribution in [0.2, 0.25) is 0 Å². The molecule has 0 aliphatic heterocycles. The van der Waals surface area contributed by atoms with Gasteiger partial charge in [0, 0.05) is 17.7 Å². The van der Waals surface area contributed by atoms with Crippen molar-refractivity contribution in [2.24, 2.45) is 0 Å². The third-order valence-electron chi connectivity index (χ3n) is 3.40. The van der Waals surface area contributed by atoms with Crippen molar-refractivity contribution < 1.29 is 24.0 Å². The van der Waals surface area contributed by atoms with Crippen LogP contribution in [0, 0.1) is 21.4 Å². The van der Waals surface area contributed by atoms with Crippen LogP contribution in [0.1, 0.15) is 22.8 Å². The Bertz CT molecular complexity index is 965. The minimum absolute atomic E-state index is 0.00770. The minimum atomic E-state index is -1.09. The molecular formula is C17H14N4O6S. The molecule has 2 aromatic rings. The van der Waals surface area contributed by atoms with E-state index in [1.54, 1.807) is 5.38 Å². The maximum absolute atomic E-state index is 12.1. The normalized spacial score (nSPS) is 11.0. The van der Waals surface area contributed by atoms with E-state index in [4.69, 9.17) is 10.00 Å². The van der Waals surface area contributed by atoms with Crippen LogP contribution < -0.4 is 10.6 Å². The van der Waals surface area contributed by atoms with Crippen LogP contribution in [-0.2, 0) is 14.3 Å². The molecule has 0 aliphatic rings. The molecular weight excluding hydrogens is 388 g/mol. The second-order valence-electron chi connectivity index (χ2n) is 5.43. The number of esters is 1. The van der Waals surface area contributed by atoms with Gasteiger partial charge in [-0.2, -0.15) is 5.26 Å². The lowest BCUT2D eigenvalue weighted by Crippen LogP contribution is -2.40. The van der Waals surface area contributed by atoms with Gasteiger partial charge >= 0.3 is 5.97 Å². The van der Waals surface area contributed by atoms with Gasteiger partial charge in [0.05, 0.1) is 10.5 Å². The highest BCUT2D eigenvalue weighted by molar-refractivity contribution is 7.14. The number of hydrogen-bond donors (Lipinski definition) is 2. The lowest BCUT2D eigenvalue weighted by Gasteiger charge is -2.13. The Morgan fingerprint density at radius 1 is 1.36 bits per heavy atom. The lowest BCUT2D eigenvalue weighted by atomic mass is 10.2. The first-order valence-electron chi connectivity index (χ1n) is 7.81. The number of benzene rings is 1. The monoisotopic (exact) mass is 402 g/mol.